The molecule has 0 spiro atoms. The molecule has 0 saturated heterocycles. The molecule has 0 aliphatic carbocycles. The van der Waals surface area contributed by atoms with Crippen molar-refractivity contribution in [1.82, 2.24) is 4.57 Å². The summed E-state index contributed by atoms with van der Waals surface area (Å²) in [7, 11) is 0. The second-order valence-corrected chi connectivity index (χ2v) is 11.3. The molecule has 6 aromatic carbocycles. The summed E-state index contributed by atoms with van der Waals surface area (Å²) in [6, 6.07) is 47.7. The SMILES string of the molecule is C=C/C=C(\C=C(/C)c1ccccc1Nc1ccc2cc(C)ccc2c1)c1ccc2c(c1)c1ccccc1n2-c1ccccc1. The van der Waals surface area contributed by atoms with Gasteiger partial charge in [-0.05, 0) is 89.9 Å². The summed E-state index contributed by atoms with van der Waals surface area (Å²) in [5.74, 6) is 0. The van der Waals surface area contributed by atoms with Crippen LogP contribution in [0.25, 0.3) is 49.4 Å². The number of fused-ring (bicyclic) bond motifs is 4. The topological polar surface area (TPSA) is 17.0 Å². The zero-order valence-electron chi connectivity index (χ0n) is 25.1. The number of benzene rings is 6. The molecular formula is C42H34N2. The first-order valence-electron chi connectivity index (χ1n) is 15.1. The van der Waals surface area contributed by atoms with Crippen molar-refractivity contribution in [2.45, 2.75) is 13.8 Å². The van der Waals surface area contributed by atoms with Gasteiger partial charge in [-0.25, -0.2) is 0 Å². The largest absolute Gasteiger partial charge is 0.355 e. The standard InChI is InChI=1S/C42H34N2/c1-4-12-31(34-22-24-42-39(28-34)38-16-9-11-18-41(38)44(42)36-13-6-5-7-14-36)26-30(3)37-15-8-10-17-40(37)43-35-23-21-32-25-29(2)19-20-33(32)27-35/h4-28,43H,1H2,2-3H3/b30-26+,31-12+. The number of nitrogens with one attached hydrogen (secondary N) is 1. The molecule has 0 atom stereocenters. The predicted molar refractivity (Wildman–Crippen MR) is 191 cm³/mol. The summed E-state index contributed by atoms with van der Waals surface area (Å²) < 4.78 is 2.35. The molecule has 2 heteroatoms. The zero-order chi connectivity index (χ0) is 30.0. The van der Waals surface area contributed by atoms with Gasteiger partial charge in [0.2, 0.25) is 0 Å². The van der Waals surface area contributed by atoms with E-state index in [2.05, 4.69) is 176 Å². The number of para-hydroxylation sites is 3. The predicted octanol–water partition coefficient (Wildman–Crippen LogP) is 11.7. The molecule has 1 heterocycles. The van der Waals surface area contributed by atoms with Gasteiger partial charge in [-0.2, -0.15) is 0 Å². The number of nitrogens with zero attached hydrogens (tertiary/aromatic N) is 1. The molecule has 2 nitrogen and oxygen atoms in total. The van der Waals surface area contributed by atoms with Gasteiger partial charge in [-0.3, -0.25) is 0 Å². The average Bonchev–Trinajstić information content (AvgIpc) is 3.39. The molecule has 0 bridgehead atoms. The van der Waals surface area contributed by atoms with Crippen LogP contribution in [0.3, 0.4) is 0 Å². The Morgan fingerprint density at radius 2 is 1.41 bits per heavy atom. The molecular weight excluding hydrogens is 532 g/mol. The maximum absolute atomic E-state index is 4.04. The third-order valence-electron chi connectivity index (χ3n) is 8.32. The summed E-state index contributed by atoms with van der Waals surface area (Å²) in [4.78, 5) is 0. The van der Waals surface area contributed by atoms with Crippen LogP contribution in [0.2, 0.25) is 0 Å². The van der Waals surface area contributed by atoms with Crippen molar-refractivity contribution in [3.8, 4) is 5.69 Å². The zero-order valence-corrected chi connectivity index (χ0v) is 25.1. The van der Waals surface area contributed by atoms with Gasteiger partial charge in [-0.15, -0.1) is 0 Å². The number of allylic oxidation sites excluding steroid dienone is 5. The number of hydrogen-bond acceptors (Lipinski definition) is 1. The van der Waals surface area contributed by atoms with E-state index in [1.807, 2.05) is 6.08 Å². The lowest BCUT2D eigenvalue weighted by atomic mass is 9.97. The Kier molecular flexibility index (Phi) is 7.17. The molecule has 0 amide bonds. The van der Waals surface area contributed by atoms with E-state index in [1.54, 1.807) is 0 Å². The maximum atomic E-state index is 4.04. The molecule has 212 valence electrons. The smallest absolute Gasteiger partial charge is 0.0541 e. The lowest BCUT2D eigenvalue weighted by Gasteiger charge is -2.14. The molecule has 7 rings (SSSR count). The molecule has 0 aliphatic heterocycles. The van der Waals surface area contributed by atoms with E-state index in [0.717, 1.165) is 33.8 Å². The third kappa shape index (κ3) is 5.12. The van der Waals surface area contributed by atoms with E-state index >= 15 is 0 Å². The van der Waals surface area contributed by atoms with E-state index < -0.39 is 0 Å². The average molecular weight is 567 g/mol. The number of rotatable bonds is 7. The highest BCUT2D eigenvalue weighted by Gasteiger charge is 2.14. The Morgan fingerprint density at radius 1 is 0.682 bits per heavy atom. The van der Waals surface area contributed by atoms with Gasteiger partial charge in [0.25, 0.3) is 0 Å². The fourth-order valence-corrected chi connectivity index (χ4v) is 6.21. The van der Waals surface area contributed by atoms with Crippen molar-refractivity contribution >= 4 is 55.1 Å². The first kappa shape index (κ1) is 27.2. The molecule has 0 saturated carbocycles. The van der Waals surface area contributed by atoms with Crippen LogP contribution in [0.5, 0.6) is 0 Å². The van der Waals surface area contributed by atoms with Crippen molar-refractivity contribution in [3.63, 3.8) is 0 Å². The molecule has 0 aliphatic rings. The lowest BCUT2D eigenvalue weighted by Crippen LogP contribution is -1.95. The third-order valence-corrected chi connectivity index (χ3v) is 8.32. The second-order valence-electron chi connectivity index (χ2n) is 11.3. The van der Waals surface area contributed by atoms with Crippen LogP contribution in [-0.2, 0) is 0 Å². The number of anilines is 2. The van der Waals surface area contributed by atoms with E-state index in [1.165, 1.54) is 43.7 Å². The van der Waals surface area contributed by atoms with E-state index in [0.29, 0.717) is 0 Å². The monoisotopic (exact) mass is 566 g/mol. The van der Waals surface area contributed by atoms with Crippen molar-refractivity contribution in [2.75, 3.05) is 5.32 Å². The lowest BCUT2D eigenvalue weighted by molar-refractivity contribution is 1.18. The molecule has 7 aromatic rings. The Labute approximate surface area is 258 Å². The molecule has 0 radical (unpaired) electrons. The minimum absolute atomic E-state index is 1.07. The number of aryl methyl sites for hydroxylation is 1. The van der Waals surface area contributed by atoms with Crippen LogP contribution < -0.4 is 5.32 Å². The maximum Gasteiger partial charge on any atom is 0.0541 e. The van der Waals surface area contributed by atoms with Crippen LogP contribution in [-0.4, -0.2) is 4.57 Å². The molecule has 0 unspecified atom stereocenters. The van der Waals surface area contributed by atoms with Gasteiger partial charge in [0.1, 0.15) is 0 Å². The Bertz CT molecular complexity index is 2230. The highest BCUT2D eigenvalue weighted by Crippen LogP contribution is 2.35. The van der Waals surface area contributed by atoms with Gasteiger partial charge in [0.15, 0.2) is 0 Å². The van der Waals surface area contributed by atoms with Gasteiger partial charge >= 0.3 is 0 Å². The first-order chi connectivity index (χ1) is 21.6. The highest BCUT2D eigenvalue weighted by molar-refractivity contribution is 6.10. The van der Waals surface area contributed by atoms with Crippen molar-refractivity contribution in [1.29, 1.82) is 0 Å². The summed E-state index contributed by atoms with van der Waals surface area (Å²) in [5.41, 5.74) is 11.6. The van der Waals surface area contributed by atoms with Crippen LogP contribution in [0, 0.1) is 6.92 Å². The minimum Gasteiger partial charge on any atom is -0.355 e. The number of aromatic nitrogens is 1. The second kappa shape index (κ2) is 11.6. The molecule has 44 heavy (non-hydrogen) atoms. The quantitative estimate of drug-likeness (QED) is 0.190. The first-order valence-corrected chi connectivity index (χ1v) is 15.1. The van der Waals surface area contributed by atoms with E-state index in [9.17, 15) is 0 Å². The van der Waals surface area contributed by atoms with Crippen molar-refractivity contribution < 1.29 is 0 Å². The van der Waals surface area contributed by atoms with Gasteiger partial charge in [-0.1, -0.05) is 115 Å². The van der Waals surface area contributed by atoms with Gasteiger partial charge < -0.3 is 9.88 Å². The summed E-state index contributed by atoms with van der Waals surface area (Å²) in [6.45, 7) is 8.36. The van der Waals surface area contributed by atoms with E-state index in [-0.39, 0.29) is 0 Å². The van der Waals surface area contributed by atoms with Crippen LogP contribution in [0.1, 0.15) is 23.6 Å². The Balaban J connectivity index is 1.28. The van der Waals surface area contributed by atoms with Gasteiger partial charge in [0, 0.05) is 33.4 Å². The Morgan fingerprint density at radius 3 is 2.27 bits per heavy atom. The normalized spacial score (nSPS) is 12.2. The highest BCUT2D eigenvalue weighted by atomic mass is 15.0. The van der Waals surface area contributed by atoms with E-state index in [4.69, 9.17) is 0 Å². The Hall–Kier alpha value is -5.60. The summed E-state index contributed by atoms with van der Waals surface area (Å²) >= 11 is 0. The van der Waals surface area contributed by atoms with Crippen LogP contribution >= 0.6 is 0 Å². The summed E-state index contributed by atoms with van der Waals surface area (Å²) in [6.07, 6.45) is 6.24. The molecule has 1 aromatic heterocycles. The fraction of sp³-hybridized carbons (Fsp3) is 0.0476. The molecule has 1 N–H and O–H groups in total. The van der Waals surface area contributed by atoms with Crippen LogP contribution in [0.4, 0.5) is 11.4 Å². The van der Waals surface area contributed by atoms with Crippen molar-refractivity contribution in [2.24, 2.45) is 0 Å². The van der Waals surface area contributed by atoms with Crippen LogP contribution in [0.15, 0.2) is 158 Å². The fourth-order valence-electron chi connectivity index (χ4n) is 6.21. The minimum atomic E-state index is 1.07. The summed E-state index contributed by atoms with van der Waals surface area (Å²) in [5, 5.41) is 8.64. The number of hydrogen-bond donors (Lipinski definition) is 1. The van der Waals surface area contributed by atoms with Gasteiger partial charge in [0.05, 0.1) is 11.0 Å². The molecule has 0 fully saturated rings. The van der Waals surface area contributed by atoms with Crippen molar-refractivity contribution in [3.05, 3.63) is 175 Å².